The predicted octanol–water partition coefficient (Wildman–Crippen LogP) is 6.97. The van der Waals surface area contributed by atoms with Crippen LogP contribution in [0.3, 0.4) is 0 Å². The Morgan fingerprint density at radius 1 is 1.00 bits per heavy atom. The van der Waals surface area contributed by atoms with Crippen LogP contribution in [0.15, 0.2) is 48.8 Å². The lowest BCUT2D eigenvalue weighted by molar-refractivity contribution is -0.145. The molecule has 1 aliphatic rings. The third-order valence-electron chi connectivity index (χ3n) is 9.16. The van der Waals surface area contributed by atoms with E-state index in [4.69, 9.17) is 28.8 Å². The van der Waals surface area contributed by atoms with Gasteiger partial charge in [-0.1, -0.05) is 108 Å². The summed E-state index contributed by atoms with van der Waals surface area (Å²) >= 11 is 0. The van der Waals surface area contributed by atoms with Gasteiger partial charge in [-0.2, -0.15) is 10.4 Å². The highest BCUT2D eigenvalue weighted by molar-refractivity contribution is 7.48. The summed E-state index contributed by atoms with van der Waals surface area (Å²) in [5.41, 5.74) is 5.11. The van der Waals surface area contributed by atoms with Gasteiger partial charge in [0.15, 0.2) is 12.1 Å². The van der Waals surface area contributed by atoms with Gasteiger partial charge in [0.1, 0.15) is 30.1 Å². The van der Waals surface area contributed by atoms with Gasteiger partial charge in [0, 0.05) is 20.0 Å². The van der Waals surface area contributed by atoms with Gasteiger partial charge in [0.2, 0.25) is 5.60 Å². The Labute approximate surface area is 307 Å². The summed E-state index contributed by atoms with van der Waals surface area (Å²) < 4.78 is 43.1. The summed E-state index contributed by atoms with van der Waals surface area (Å²) in [5.74, 6) is 6.53. The summed E-state index contributed by atoms with van der Waals surface area (Å²) in [6.45, 7) is 2.30. The molecule has 3 aromatic rings. The monoisotopic (exact) mass is 739 g/mol. The molecule has 4 rings (SSSR count). The maximum absolute atomic E-state index is 13.7. The standard InChI is InChI=1S/C38H54N5O8P/c1-3-4-5-6-7-8-9-10-11-12-13-14-15-16-20-23-31(48-26-30-21-18-17-19-22-30)27-49-52(46,47-2)51-37-34(44)35(45)38(28-39,50-37)33-25-24-32-36(40)41-29-42-43(32)33/h17-19,21-22,24-25,29,31,34-35,37,44-45H,3-15,23,26-27H2,1-2H3,(H2,40,41,42)/t31-,34+,35-,37-,38+,52?/m1/s1. The van der Waals surface area contributed by atoms with Crippen molar-refractivity contribution in [3.05, 3.63) is 60.0 Å². The summed E-state index contributed by atoms with van der Waals surface area (Å²) in [5, 5.41) is 36.2. The number of aliphatic hydroxyl groups excluding tert-OH is 2. The Bertz CT molecular complexity index is 1660. The van der Waals surface area contributed by atoms with Crippen LogP contribution in [0.4, 0.5) is 5.82 Å². The zero-order valence-corrected chi connectivity index (χ0v) is 31.3. The molecule has 0 saturated carbocycles. The van der Waals surface area contributed by atoms with Crippen LogP contribution in [-0.2, 0) is 39.8 Å². The second-order valence-corrected chi connectivity index (χ2v) is 14.8. The number of nitriles is 1. The molecule has 1 saturated heterocycles. The fourth-order valence-corrected chi connectivity index (χ4v) is 7.13. The van der Waals surface area contributed by atoms with Gasteiger partial charge in [-0.3, -0.25) is 13.6 Å². The van der Waals surface area contributed by atoms with E-state index in [1.807, 2.05) is 36.4 Å². The van der Waals surface area contributed by atoms with Crippen LogP contribution in [0.25, 0.3) is 5.52 Å². The molecule has 1 aromatic carbocycles. The zero-order valence-electron chi connectivity index (χ0n) is 30.4. The Balaban J connectivity index is 1.29. The molecule has 0 aliphatic carbocycles. The van der Waals surface area contributed by atoms with Crippen LogP contribution >= 0.6 is 7.82 Å². The first-order chi connectivity index (χ1) is 25.3. The van der Waals surface area contributed by atoms with E-state index < -0.39 is 38.0 Å². The fraction of sp³-hybridized carbons (Fsp3) is 0.605. The summed E-state index contributed by atoms with van der Waals surface area (Å²) in [6, 6.07) is 14.5. The lowest BCUT2D eigenvalue weighted by Gasteiger charge is -2.25. The lowest BCUT2D eigenvalue weighted by atomic mass is 9.93. The molecule has 14 heteroatoms. The number of phosphoric acid groups is 1. The molecule has 0 spiro atoms. The molecule has 2 aromatic heterocycles. The van der Waals surface area contributed by atoms with Crippen molar-refractivity contribution in [3.8, 4) is 17.9 Å². The number of rotatable bonds is 23. The van der Waals surface area contributed by atoms with Gasteiger partial charge < -0.3 is 25.4 Å². The van der Waals surface area contributed by atoms with Gasteiger partial charge >= 0.3 is 7.82 Å². The minimum absolute atomic E-state index is 0.0568. The minimum atomic E-state index is -4.42. The number of nitrogen functional groups attached to an aromatic ring is 1. The molecule has 0 amide bonds. The maximum Gasteiger partial charge on any atom is 0.477 e. The molecule has 3 heterocycles. The number of aromatic nitrogens is 3. The molecule has 0 bridgehead atoms. The van der Waals surface area contributed by atoms with Crippen LogP contribution in [0, 0.1) is 23.2 Å². The number of fused-ring (bicyclic) bond motifs is 1. The van der Waals surface area contributed by atoms with Crippen LogP contribution in [0.2, 0.25) is 0 Å². The van der Waals surface area contributed by atoms with Gasteiger partial charge in [-0.25, -0.2) is 14.1 Å². The number of phosphoric ester groups is 1. The molecule has 1 fully saturated rings. The van der Waals surface area contributed by atoms with Crippen molar-refractivity contribution in [2.24, 2.45) is 0 Å². The SMILES string of the molecule is CCCCCCCCCCCCCCC#CC[C@H](COP(=O)(OC)O[C@H]1O[C@@](C#N)(c2ccc3c(N)ncnn23)[C@H](O)[C@@H]1O)OCc1ccccc1. The molecular formula is C38H54N5O8P. The number of ether oxygens (including phenoxy) is 2. The van der Waals surface area contributed by atoms with Gasteiger partial charge in [0.05, 0.1) is 25.0 Å². The number of anilines is 1. The van der Waals surface area contributed by atoms with Crippen molar-refractivity contribution in [1.82, 2.24) is 14.6 Å². The van der Waals surface area contributed by atoms with E-state index in [0.29, 0.717) is 11.9 Å². The summed E-state index contributed by atoms with van der Waals surface area (Å²) in [4.78, 5) is 3.92. The number of nitrogens with zero attached hydrogens (tertiary/aromatic N) is 4. The Morgan fingerprint density at radius 2 is 1.67 bits per heavy atom. The quantitative estimate of drug-likeness (QED) is 0.0517. The van der Waals surface area contributed by atoms with E-state index in [0.717, 1.165) is 31.9 Å². The number of nitrogens with two attached hydrogens (primary N) is 1. The van der Waals surface area contributed by atoms with E-state index in [-0.39, 0.29) is 24.7 Å². The normalized spacial score (nSPS) is 21.7. The average Bonchev–Trinajstić information content (AvgIpc) is 3.70. The zero-order chi connectivity index (χ0) is 37.2. The molecule has 1 aliphatic heterocycles. The van der Waals surface area contributed by atoms with Crippen molar-refractivity contribution >= 4 is 19.2 Å². The molecule has 284 valence electrons. The van der Waals surface area contributed by atoms with Gasteiger partial charge in [0.25, 0.3) is 0 Å². The first-order valence-electron chi connectivity index (χ1n) is 18.4. The predicted molar refractivity (Wildman–Crippen MR) is 196 cm³/mol. The summed E-state index contributed by atoms with van der Waals surface area (Å²) in [7, 11) is -3.31. The largest absolute Gasteiger partial charge is 0.477 e. The second-order valence-electron chi connectivity index (χ2n) is 13.1. The van der Waals surface area contributed by atoms with Crippen LogP contribution < -0.4 is 5.73 Å². The van der Waals surface area contributed by atoms with E-state index in [9.17, 15) is 20.0 Å². The first-order valence-corrected chi connectivity index (χ1v) is 19.9. The molecule has 4 N–H and O–H groups in total. The molecule has 6 atom stereocenters. The van der Waals surface area contributed by atoms with Gasteiger partial charge in [-0.05, 0) is 24.1 Å². The van der Waals surface area contributed by atoms with E-state index in [1.54, 1.807) is 6.07 Å². The first kappa shape index (κ1) is 41.4. The second kappa shape index (κ2) is 21.4. The number of aliphatic hydroxyl groups is 2. The number of hydrogen-bond acceptors (Lipinski definition) is 12. The Morgan fingerprint density at radius 3 is 2.33 bits per heavy atom. The minimum Gasteiger partial charge on any atom is -0.386 e. The third kappa shape index (κ3) is 11.6. The molecular weight excluding hydrogens is 685 g/mol. The highest BCUT2D eigenvalue weighted by atomic mass is 31.2. The molecule has 13 nitrogen and oxygen atoms in total. The van der Waals surface area contributed by atoms with Crippen LogP contribution in [0.1, 0.15) is 108 Å². The number of unbranched alkanes of at least 4 members (excludes halogenated alkanes) is 12. The third-order valence-corrected chi connectivity index (χ3v) is 10.5. The Kier molecular flexibility index (Phi) is 17.0. The van der Waals surface area contributed by atoms with Crippen molar-refractivity contribution in [2.75, 3.05) is 19.5 Å². The van der Waals surface area contributed by atoms with E-state index in [2.05, 4.69) is 28.8 Å². The van der Waals surface area contributed by atoms with E-state index >= 15 is 0 Å². The fourth-order valence-electron chi connectivity index (χ4n) is 6.10. The topological polar surface area (TPSA) is 184 Å². The molecule has 52 heavy (non-hydrogen) atoms. The van der Waals surface area contributed by atoms with Crippen molar-refractivity contribution in [2.45, 2.75) is 134 Å². The number of hydrogen-bond donors (Lipinski definition) is 3. The highest BCUT2D eigenvalue weighted by Gasteiger charge is 2.59. The smallest absolute Gasteiger partial charge is 0.386 e. The lowest BCUT2D eigenvalue weighted by Crippen LogP contribution is -2.40. The average molecular weight is 740 g/mol. The highest BCUT2D eigenvalue weighted by Crippen LogP contribution is 2.53. The van der Waals surface area contributed by atoms with Crippen LogP contribution in [-0.4, -0.2) is 63.1 Å². The molecule has 1 unspecified atom stereocenters. The van der Waals surface area contributed by atoms with Crippen LogP contribution in [0.5, 0.6) is 0 Å². The maximum atomic E-state index is 13.7. The van der Waals surface area contributed by atoms with Crippen molar-refractivity contribution in [3.63, 3.8) is 0 Å². The van der Waals surface area contributed by atoms with E-state index in [1.165, 1.54) is 81.1 Å². The van der Waals surface area contributed by atoms with Crippen molar-refractivity contribution < 1.29 is 37.8 Å². The summed E-state index contributed by atoms with van der Waals surface area (Å²) in [6.07, 6.45) is 11.6. The number of benzene rings is 1. The van der Waals surface area contributed by atoms with Crippen molar-refractivity contribution in [1.29, 1.82) is 5.26 Å². The van der Waals surface area contributed by atoms with Gasteiger partial charge in [-0.15, -0.1) is 11.8 Å². The Hall–Kier alpha value is -3.36. The molecule has 0 radical (unpaired) electrons.